The molecule has 7 nitrogen and oxygen atoms in total. The van der Waals surface area contributed by atoms with E-state index in [1.165, 1.54) is 12.1 Å². The fourth-order valence-electron chi connectivity index (χ4n) is 3.46. The highest BCUT2D eigenvalue weighted by Crippen LogP contribution is 2.30. The van der Waals surface area contributed by atoms with Crippen LogP contribution in [0.4, 0.5) is 15.9 Å². The van der Waals surface area contributed by atoms with Crippen LogP contribution in [0.3, 0.4) is 0 Å². The second kappa shape index (κ2) is 10.1. The lowest BCUT2D eigenvalue weighted by Gasteiger charge is -2.36. The molecule has 1 saturated heterocycles. The van der Waals surface area contributed by atoms with Crippen molar-refractivity contribution < 1.29 is 14.0 Å². The number of nitrogens with zero attached hydrogens (tertiary/aromatic N) is 4. The van der Waals surface area contributed by atoms with Gasteiger partial charge >= 0.3 is 0 Å². The number of thioether (sulfide) groups is 1. The van der Waals surface area contributed by atoms with E-state index in [1.54, 1.807) is 30.0 Å². The number of hydrogen-bond acceptors (Lipinski definition) is 6. The van der Waals surface area contributed by atoms with Crippen LogP contribution in [0.5, 0.6) is 0 Å². The molecular formula is C22H26FN5O2S. The van der Waals surface area contributed by atoms with Crippen LogP contribution in [0.1, 0.15) is 25.7 Å². The molecule has 2 fully saturated rings. The molecule has 164 valence electrons. The monoisotopic (exact) mass is 443 g/mol. The Morgan fingerprint density at radius 1 is 1.03 bits per heavy atom. The minimum absolute atomic E-state index is 0.0201. The van der Waals surface area contributed by atoms with Crippen molar-refractivity contribution in [3.05, 3.63) is 42.2 Å². The van der Waals surface area contributed by atoms with Crippen molar-refractivity contribution in [3.8, 4) is 0 Å². The van der Waals surface area contributed by atoms with E-state index in [1.807, 2.05) is 11.0 Å². The Hall–Kier alpha value is -2.68. The molecule has 2 aromatic rings. The average Bonchev–Trinajstić information content (AvgIpc) is 3.64. The zero-order valence-corrected chi connectivity index (χ0v) is 18.1. The van der Waals surface area contributed by atoms with Gasteiger partial charge in [0.1, 0.15) is 10.8 Å². The van der Waals surface area contributed by atoms with E-state index in [9.17, 15) is 14.0 Å². The first-order chi connectivity index (χ1) is 15.1. The van der Waals surface area contributed by atoms with Gasteiger partial charge in [-0.1, -0.05) is 0 Å². The van der Waals surface area contributed by atoms with E-state index in [-0.39, 0.29) is 23.5 Å². The van der Waals surface area contributed by atoms with Crippen molar-refractivity contribution in [3.63, 3.8) is 0 Å². The van der Waals surface area contributed by atoms with Gasteiger partial charge in [0.25, 0.3) is 0 Å². The summed E-state index contributed by atoms with van der Waals surface area (Å²) in [6.07, 6.45) is 3.18. The number of carbonyl (C=O) groups excluding carboxylic acids is 2. The number of amides is 2. The Labute approximate surface area is 185 Å². The molecule has 0 bridgehead atoms. The van der Waals surface area contributed by atoms with E-state index in [0.29, 0.717) is 25.3 Å². The van der Waals surface area contributed by atoms with Crippen molar-refractivity contribution in [1.29, 1.82) is 0 Å². The molecule has 2 amide bonds. The first-order valence-electron chi connectivity index (χ1n) is 10.6. The van der Waals surface area contributed by atoms with Gasteiger partial charge in [-0.15, -0.1) is 22.0 Å². The predicted octanol–water partition coefficient (Wildman–Crippen LogP) is 3.19. The van der Waals surface area contributed by atoms with Gasteiger partial charge in [-0.05, 0) is 55.7 Å². The summed E-state index contributed by atoms with van der Waals surface area (Å²) in [5.41, 5.74) is 0.990. The number of carbonyl (C=O) groups is 2. The maximum Gasteiger partial charge on any atom is 0.228 e. The van der Waals surface area contributed by atoms with Crippen LogP contribution >= 0.6 is 11.8 Å². The number of halogens is 1. The summed E-state index contributed by atoms with van der Waals surface area (Å²) >= 11 is 1.56. The van der Waals surface area contributed by atoms with Gasteiger partial charge < -0.3 is 15.1 Å². The summed E-state index contributed by atoms with van der Waals surface area (Å²) in [5.74, 6) is 1.35. The number of anilines is 2. The molecule has 1 aliphatic heterocycles. The lowest BCUT2D eigenvalue weighted by Crippen LogP contribution is -2.48. The third kappa shape index (κ3) is 6.16. The van der Waals surface area contributed by atoms with Crippen molar-refractivity contribution >= 4 is 35.1 Å². The summed E-state index contributed by atoms with van der Waals surface area (Å²) in [6, 6.07) is 10.1. The van der Waals surface area contributed by atoms with Crippen molar-refractivity contribution in [2.75, 3.05) is 42.1 Å². The maximum absolute atomic E-state index is 13.1. The molecule has 1 aliphatic carbocycles. The van der Waals surface area contributed by atoms with Crippen LogP contribution in [0.25, 0.3) is 0 Å². The SMILES string of the molecule is O=C(Nc1ccc(SCCCC(=O)N2CCN(c3ccc(F)cc3)CC2)nn1)C1CC1. The van der Waals surface area contributed by atoms with Crippen LogP contribution in [-0.4, -0.2) is 58.8 Å². The minimum atomic E-state index is -0.238. The summed E-state index contributed by atoms with van der Waals surface area (Å²) < 4.78 is 13.1. The lowest BCUT2D eigenvalue weighted by molar-refractivity contribution is -0.131. The Morgan fingerprint density at radius 3 is 2.42 bits per heavy atom. The number of hydrogen-bond donors (Lipinski definition) is 1. The van der Waals surface area contributed by atoms with Crippen LogP contribution in [0.15, 0.2) is 41.4 Å². The van der Waals surface area contributed by atoms with E-state index in [0.717, 1.165) is 48.8 Å². The highest BCUT2D eigenvalue weighted by atomic mass is 32.2. The average molecular weight is 444 g/mol. The summed E-state index contributed by atoms with van der Waals surface area (Å²) in [7, 11) is 0. The number of nitrogens with one attached hydrogen (secondary N) is 1. The molecule has 2 aliphatic rings. The summed E-state index contributed by atoms with van der Waals surface area (Å²) in [6.45, 7) is 2.88. The highest BCUT2D eigenvalue weighted by Gasteiger charge is 2.29. The van der Waals surface area contributed by atoms with Crippen LogP contribution in [-0.2, 0) is 9.59 Å². The van der Waals surface area contributed by atoms with Gasteiger partial charge in [0.2, 0.25) is 11.8 Å². The first kappa shape index (κ1) is 21.5. The largest absolute Gasteiger partial charge is 0.368 e. The molecule has 1 aromatic carbocycles. The zero-order chi connectivity index (χ0) is 21.6. The molecule has 0 radical (unpaired) electrons. The van der Waals surface area contributed by atoms with E-state index < -0.39 is 0 Å². The second-order valence-electron chi connectivity index (χ2n) is 7.82. The fourth-order valence-corrected chi connectivity index (χ4v) is 4.22. The Bertz CT molecular complexity index is 897. The van der Waals surface area contributed by atoms with Gasteiger partial charge in [0.15, 0.2) is 5.82 Å². The Kier molecular flexibility index (Phi) is 7.01. The van der Waals surface area contributed by atoms with Crippen molar-refractivity contribution in [2.45, 2.75) is 30.7 Å². The fraction of sp³-hybridized carbons (Fsp3) is 0.455. The maximum atomic E-state index is 13.1. The quantitative estimate of drug-likeness (QED) is 0.499. The molecule has 0 atom stereocenters. The van der Waals surface area contributed by atoms with Crippen LogP contribution < -0.4 is 10.2 Å². The number of piperazine rings is 1. The molecule has 1 saturated carbocycles. The highest BCUT2D eigenvalue weighted by molar-refractivity contribution is 7.99. The van der Waals surface area contributed by atoms with Crippen molar-refractivity contribution in [1.82, 2.24) is 15.1 Å². The number of benzene rings is 1. The van der Waals surface area contributed by atoms with E-state index in [4.69, 9.17) is 0 Å². The molecule has 0 spiro atoms. The third-order valence-corrected chi connectivity index (χ3v) is 6.45. The third-order valence-electron chi connectivity index (χ3n) is 5.45. The Morgan fingerprint density at radius 2 is 1.77 bits per heavy atom. The molecule has 9 heteroatoms. The van der Waals surface area contributed by atoms with Crippen molar-refractivity contribution in [2.24, 2.45) is 5.92 Å². The molecule has 0 unspecified atom stereocenters. The lowest BCUT2D eigenvalue weighted by atomic mass is 10.2. The molecule has 31 heavy (non-hydrogen) atoms. The summed E-state index contributed by atoms with van der Waals surface area (Å²) in [4.78, 5) is 28.3. The summed E-state index contributed by atoms with van der Waals surface area (Å²) in [5, 5.41) is 11.7. The predicted molar refractivity (Wildman–Crippen MR) is 119 cm³/mol. The van der Waals surface area contributed by atoms with Crippen LogP contribution in [0.2, 0.25) is 0 Å². The molecule has 4 rings (SSSR count). The zero-order valence-electron chi connectivity index (χ0n) is 17.3. The minimum Gasteiger partial charge on any atom is -0.368 e. The van der Waals surface area contributed by atoms with E-state index >= 15 is 0 Å². The molecule has 1 N–H and O–H groups in total. The van der Waals surface area contributed by atoms with E-state index in [2.05, 4.69) is 20.4 Å². The Balaban J connectivity index is 1.13. The number of rotatable bonds is 8. The molecule has 2 heterocycles. The number of aromatic nitrogens is 2. The topological polar surface area (TPSA) is 78.4 Å². The smallest absolute Gasteiger partial charge is 0.228 e. The second-order valence-corrected chi connectivity index (χ2v) is 8.93. The van der Waals surface area contributed by atoms with Gasteiger partial charge in [0, 0.05) is 50.0 Å². The van der Waals surface area contributed by atoms with Gasteiger partial charge in [0.05, 0.1) is 0 Å². The van der Waals surface area contributed by atoms with Gasteiger partial charge in [-0.3, -0.25) is 9.59 Å². The van der Waals surface area contributed by atoms with Gasteiger partial charge in [-0.25, -0.2) is 4.39 Å². The standard InChI is InChI=1S/C22H26FN5O2S/c23-17-5-7-18(8-6-17)27-11-13-28(14-12-27)21(29)2-1-15-31-20-10-9-19(25-26-20)24-22(30)16-3-4-16/h5-10,16H,1-4,11-15H2,(H,24,25,30). The van der Waals surface area contributed by atoms with Gasteiger partial charge in [-0.2, -0.15) is 0 Å². The normalized spacial score (nSPS) is 16.3. The molecule has 1 aromatic heterocycles. The molecular weight excluding hydrogens is 417 g/mol. The van der Waals surface area contributed by atoms with Crippen LogP contribution in [0, 0.1) is 11.7 Å². The first-order valence-corrected chi connectivity index (χ1v) is 11.6.